The molecule has 3 rings (SSSR count). The van der Waals surface area contributed by atoms with Crippen molar-refractivity contribution in [1.82, 2.24) is 15.5 Å². The van der Waals surface area contributed by atoms with Crippen molar-refractivity contribution in [1.29, 1.82) is 0 Å². The number of ether oxygens (including phenoxy) is 2. The van der Waals surface area contributed by atoms with E-state index in [1.165, 1.54) is 5.57 Å². The molecule has 2 aliphatic rings. The zero-order valence-corrected chi connectivity index (χ0v) is 18.6. The number of carbonyl (C=O) groups is 1. The van der Waals surface area contributed by atoms with Crippen molar-refractivity contribution in [3.63, 3.8) is 0 Å². The van der Waals surface area contributed by atoms with Crippen molar-refractivity contribution < 1.29 is 14.3 Å². The number of likely N-dealkylation sites (N-methyl/N-ethyl adjacent to an activating group) is 1. The van der Waals surface area contributed by atoms with Gasteiger partial charge in [-0.15, -0.1) is 0 Å². The van der Waals surface area contributed by atoms with Gasteiger partial charge in [-0.05, 0) is 63.7 Å². The monoisotopic (exact) mass is 424 g/mol. The number of benzene rings is 1. The maximum absolute atomic E-state index is 12.9. The van der Waals surface area contributed by atoms with Crippen LogP contribution in [0.5, 0.6) is 5.75 Å². The number of methoxy groups -OCH3 is 1. The Labute approximate surface area is 184 Å². The van der Waals surface area contributed by atoms with Gasteiger partial charge in [0.1, 0.15) is 17.2 Å². The molecule has 1 fully saturated rings. The molecule has 7 nitrogen and oxygen atoms in total. The zero-order chi connectivity index (χ0) is 22.4. The molecule has 1 aliphatic carbocycles. The van der Waals surface area contributed by atoms with Gasteiger partial charge in [0.15, 0.2) is 6.73 Å². The van der Waals surface area contributed by atoms with E-state index in [0.29, 0.717) is 23.0 Å². The van der Waals surface area contributed by atoms with Gasteiger partial charge in [0.05, 0.1) is 18.4 Å². The SMILES string of the molecule is C=Nc1c(OCNC2=CCCC=C2OC)cccc1C(=O)NC(C)CC1C(=C)CN1C. The molecule has 2 unspecified atom stereocenters. The number of para-hydroxylation sites is 1. The first-order valence-electron chi connectivity index (χ1n) is 10.5. The third-order valence-corrected chi connectivity index (χ3v) is 5.63. The summed E-state index contributed by atoms with van der Waals surface area (Å²) >= 11 is 0. The smallest absolute Gasteiger partial charge is 0.253 e. The Kier molecular flexibility index (Phi) is 7.52. The van der Waals surface area contributed by atoms with Crippen LogP contribution in [0.4, 0.5) is 5.69 Å². The largest absolute Gasteiger partial charge is 0.495 e. The molecule has 166 valence electrons. The van der Waals surface area contributed by atoms with Gasteiger partial charge in [-0.2, -0.15) is 0 Å². The van der Waals surface area contributed by atoms with Crippen molar-refractivity contribution in [3.8, 4) is 5.75 Å². The van der Waals surface area contributed by atoms with E-state index in [4.69, 9.17) is 9.47 Å². The minimum absolute atomic E-state index is 0.00148. The molecule has 1 heterocycles. The predicted octanol–water partition coefficient (Wildman–Crippen LogP) is 3.53. The van der Waals surface area contributed by atoms with E-state index in [1.54, 1.807) is 25.3 Å². The summed E-state index contributed by atoms with van der Waals surface area (Å²) in [5, 5.41) is 6.28. The van der Waals surface area contributed by atoms with Crippen LogP contribution in [0.1, 0.15) is 36.5 Å². The number of allylic oxidation sites excluding steroid dienone is 2. The number of carbonyl (C=O) groups excluding carboxylic acids is 1. The van der Waals surface area contributed by atoms with E-state index >= 15 is 0 Å². The van der Waals surface area contributed by atoms with Crippen molar-refractivity contribution in [2.45, 2.75) is 38.3 Å². The standard InChI is InChI=1S/C24H32N4O3/c1-16-14-28(4)20(16)13-17(2)27-24(29)18-9-8-12-22(23(18)25-3)31-15-26-19-10-6-7-11-21(19)30-5/h8-12,17,20,26H,1,3,6-7,13-15H2,2,4-5H3,(H,27,29). The van der Waals surface area contributed by atoms with E-state index in [2.05, 4.69) is 46.9 Å². The first-order chi connectivity index (χ1) is 14.9. The van der Waals surface area contributed by atoms with Crippen LogP contribution in [0.15, 0.2) is 59.0 Å². The number of hydrogen-bond acceptors (Lipinski definition) is 6. The lowest BCUT2D eigenvalue weighted by Crippen LogP contribution is -2.50. The number of aliphatic imine (C=N–C) groups is 1. The molecule has 1 aromatic carbocycles. The molecule has 1 amide bonds. The fourth-order valence-corrected chi connectivity index (χ4v) is 3.96. The summed E-state index contributed by atoms with van der Waals surface area (Å²) in [5.74, 6) is 1.11. The summed E-state index contributed by atoms with van der Waals surface area (Å²) in [7, 11) is 3.71. The molecule has 7 heteroatoms. The molecule has 1 saturated heterocycles. The van der Waals surface area contributed by atoms with Crippen LogP contribution in [0, 0.1) is 0 Å². The Balaban J connectivity index is 1.61. The first kappa shape index (κ1) is 22.6. The van der Waals surface area contributed by atoms with Crippen molar-refractivity contribution in [2.24, 2.45) is 4.99 Å². The van der Waals surface area contributed by atoms with E-state index in [9.17, 15) is 4.79 Å². The summed E-state index contributed by atoms with van der Waals surface area (Å²) < 4.78 is 11.2. The van der Waals surface area contributed by atoms with E-state index in [1.807, 2.05) is 13.0 Å². The van der Waals surface area contributed by atoms with Crippen LogP contribution < -0.4 is 15.4 Å². The van der Waals surface area contributed by atoms with Crippen LogP contribution in [-0.2, 0) is 4.74 Å². The van der Waals surface area contributed by atoms with E-state index in [0.717, 1.165) is 37.3 Å². The molecule has 31 heavy (non-hydrogen) atoms. The Hall–Kier alpha value is -3.06. The van der Waals surface area contributed by atoms with Crippen LogP contribution in [0.25, 0.3) is 0 Å². The highest BCUT2D eigenvalue weighted by molar-refractivity contribution is 6.00. The lowest BCUT2D eigenvalue weighted by Gasteiger charge is -2.41. The lowest BCUT2D eigenvalue weighted by atomic mass is 9.92. The van der Waals surface area contributed by atoms with Crippen molar-refractivity contribution in [3.05, 3.63) is 59.5 Å². The molecule has 0 spiro atoms. The number of nitrogens with zero attached hydrogens (tertiary/aromatic N) is 2. The Morgan fingerprint density at radius 3 is 2.81 bits per heavy atom. The van der Waals surface area contributed by atoms with Gasteiger partial charge in [0.2, 0.25) is 0 Å². The van der Waals surface area contributed by atoms with Crippen LogP contribution in [-0.4, -0.2) is 57.0 Å². The van der Waals surface area contributed by atoms with Gasteiger partial charge in [0, 0.05) is 18.6 Å². The summed E-state index contributed by atoms with van der Waals surface area (Å²) in [6.07, 6.45) is 6.85. The predicted molar refractivity (Wildman–Crippen MR) is 124 cm³/mol. The topological polar surface area (TPSA) is 75.2 Å². The molecule has 1 aliphatic heterocycles. The van der Waals surface area contributed by atoms with Gasteiger partial charge in [-0.25, -0.2) is 0 Å². The second kappa shape index (κ2) is 10.3. The highest BCUT2D eigenvalue weighted by Crippen LogP contribution is 2.31. The maximum Gasteiger partial charge on any atom is 0.253 e. The molecule has 0 radical (unpaired) electrons. The highest BCUT2D eigenvalue weighted by atomic mass is 16.5. The number of likely N-dealkylation sites (tertiary alicyclic amines) is 1. The quantitative estimate of drug-likeness (QED) is 0.341. The Morgan fingerprint density at radius 2 is 2.13 bits per heavy atom. The average molecular weight is 425 g/mol. The average Bonchev–Trinajstić information content (AvgIpc) is 2.77. The van der Waals surface area contributed by atoms with Crippen molar-refractivity contribution in [2.75, 3.05) is 27.4 Å². The van der Waals surface area contributed by atoms with E-state index in [-0.39, 0.29) is 18.7 Å². The second-order valence-electron chi connectivity index (χ2n) is 7.94. The van der Waals surface area contributed by atoms with Gasteiger partial charge < -0.3 is 20.1 Å². The Bertz CT molecular complexity index is 906. The second-order valence-corrected chi connectivity index (χ2v) is 7.94. The van der Waals surface area contributed by atoms with Gasteiger partial charge in [-0.1, -0.05) is 18.7 Å². The van der Waals surface area contributed by atoms with Gasteiger partial charge >= 0.3 is 0 Å². The highest BCUT2D eigenvalue weighted by Gasteiger charge is 2.30. The van der Waals surface area contributed by atoms with Crippen molar-refractivity contribution >= 4 is 18.3 Å². The minimum atomic E-state index is -0.194. The molecule has 2 atom stereocenters. The third kappa shape index (κ3) is 5.35. The fraction of sp³-hybridized carbons (Fsp3) is 0.417. The Morgan fingerprint density at radius 1 is 1.35 bits per heavy atom. The molecule has 0 bridgehead atoms. The molecule has 2 N–H and O–H groups in total. The normalized spacial score (nSPS) is 19.5. The summed E-state index contributed by atoms with van der Waals surface area (Å²) in [6.45, 7) is 10.9. The van der Waals surface area contributed by atoms with Gasteiger partial charge in [0.25, 0.3) is 5.91 Å². The van der Waals surface area contributed by atoms with Crippen LogP contribution in [0.2, 0.25) is 0 Å². The summed E-state index contributed by atoms with van der Waals surface area (Å²) in [4.78, 5) is 19.2. The third-order valence-electron chi connectivity index (χ3n) is 5.63. The molecular formula is C24H32N4O3. The van der Waals surface area contributed by atoms with Crippen LogP contribution >= 0.6 is 0 Å². The minimum Gasteiger partial charge on any atom is -0.495 e. The van der Waals surface area contributed by atoms with Crippen LogP contribution in [0.3, 0.4) is 0 Å². The maximum atomic E-state index is 12.9. The molecule has 0 aromatic heterocycles. The fourth-order valence-electron chi connectivity index (χ4n) is 3.96. The summed E-state index contributed by atoms with van der Waals surface area (Å²) in [6, 6.07) is 5.61. The molecule has 0 saturated carbocycles. The zero-order valence-electron chi connectivity index (χ0n) is 18.6. The lowest BCUT2D eigenvalue weighted by molar-refractivity contribution is 0.0926. The first-order valence-corrected chi connectivity index (χ1v) is 10.5. The number of nitrogens with one attached hydrogen (secondary N) is 2. The molecular weight excluding hydrogens is 392 g/mol. The number of amides is 1. The van der Waals surface area contributed by atoms with E-state index < -0.39 is 0 Å². The molecule has 1 aromatic rings. The number of rotatable bonds is 10. The van der Waals surface area contributed by atoms with Gasteiger partial charge in [-0.3, -0.25) is 14.7 Å². The number of hydrogen-bond donors (Lipinski definition) is 2. The summed E-state index contributed by atoms with van der Waals surface area (Å²) in [5.41, 5.74) is 2.97.